The molecule has 0 amide bonds. The molecule has 10 rings (SSSR count). The van der Waals surface area contributed by atoms with Crippen LogP contribution in [-0.2, 0) is 0 Å². The van der Waals surface area contributed by atoms with Crippen LogP contribution in [-0.4, -0.2) is 11.3 Å². The standard InChI is InChI=1S/C42H28BN3/c1-4-14-28(15-5-1)32-21-12-23-35-41(32)44-37-26-31(45(29-16-6-2-7-17-29)30-18-8-3-9-19-30)27-39-40(37)43(35)36-24-13-22-34-33-20-10-11-25-38(33)46(39)42(34)36/h1-27,44H. The van der Waals surface area contributed by atoms with E-state index >= 15 is 0 Å². The Balaban J connectivity index is 1.33. The Labute approximate surface area is 268 Å². The normalized spacial score (nSPS) is 12.5. The molecule has 46 heavy (non-hydrogen) atoms. The average molecular weight is 586 g/mol. The zero-order valence-corrected chi connectivity index (χ0v) is 25.1. The van der Waals surface area contributed by atoms with Crippen LogP contribution in [0.25, 0.3) is 38.6 Å². The summed E-state index contributed by atoms with van der Waals surface area (Å²) in [7, 11) is 0. The Hall–Kier alpha value is -6.00. The number of hydrogen-bond acceptors (Lipinski definition) is 2. The Morgan fingerprint density at radius 2 is 1.15 bits per heavy atom. The third-order valence-electron chi connectivity index (χ3n) is 9.75. The molecule has 7 aromatic carbocycles. The number of para-hydroxylation sites is 5. The van der Waals surface area contributed by atoms with Crippen molar-refractivity contribution in [3.63, 3.8) is 0 Å². The fourth-order valence-electron chi connectivity index (χ4n) is 7.90. The Bertz CT molecular complexity index is 2410. The summed E-state index contributed by atoms with van der Waals surface area (Å²) >= 11 is 0. The van der Waals surface area contributed by atoms with E-state index in [0.29, 0.717) is 0 Å². The Morgan fingerprint density at radius 1 is 0.522 bits per heavy atom. The van der Waals surface area contributed by atoms with Gasteiger partial charge in [0.2, 0.25) is 0 Å². The van der Waals surface area contributed by atoms with Gasteiger partial charge in [0.05, 0.1) is 11.2 Å². The zero-order valence-electron chi connectivity index (χ0n) is 25.1. The minimum absolute atomic E-state index is 0.0985. The van der Waals surface area contributed by atoms with Gasteiger partial charge in [-0.05, 0) is 64.4 Å². The van der Waals surface area contributed by atoms with Crippen molar-refractivity contribution >= 4 is 73.3 Å². The number of nitrogens with zero attached hydrogens (tertiary/aromatic N) is 2. The van der Waals surface area contributed by atoms with E-state index in [1.165, 1.54) is 60.7 Å². The lowest BCUT2D eigenvalue weighted by Crippen LogP contribution is -2.59. The Kier molecular flexibility index (Phi) is 5.37. The van der Waals surface area contributed by atoms with Crippen molar-refractivity contribution in [1.29, 1.82) is 0 Å². The SMILES string of the molecule is c1ccc(-c2cccc3c2Nc2cc(N(c4ccccc4)c4ccccc4)cc4c2B3c2cccc3c5ccccc5n-4c23)cc1. The van der Waals surface area contributed by atoms with Crippen LogP contribution in [0.15, 0.2) is 164 Å². The van der Waals surface area contributed by atoms with Crippen molar-refractivity contribution in [1.82, 2.24) is 4.57 Å². The maximum absolute atomic E-state index is 4.01. The van der Waals surface area contributed by atoms with Crippen molar-refractivity contribution in [2.75, 3.05) is 10.2 Å². The first kappa shape index (κ1) is 25.3. The van der Waals surface area contributed by atoms with Crippen molar-refractivity contribution in [2.24, 2.45) is 0 Å². The van der Waals surface area contributed by atoms with Crippen LogP contribution in [0.5, 0.6) is 0 Å². The van der Waals surface area contributed by atoms with E-state index < -0.39 is 0 Å². The lowest BCUT2D eigenvalue weighted by molar-refractivity contribution is 1.18. The molecule has 0 atom stereocenters. The highest BCUT2D eigenvalue weighted by Crippen LogP contribution is 2.42. The summed E-state index contributed by atoms with van der Waals surface area (Å²) in [4.78, 5) is 2.37. The number of nitrogens with one attached hydrogen (secondary N) is 1. The van der Waals surface area contributed by atoms with Crippen LogP contribution >= 0.6 is 0 Å². The number of aromatic nitrogens is 1. The van der Waals surface area contributed by atoms with E-state index in [9.17, 15) is 0 Å². The van der Waals surface area contributed by atoms with Crippen LogP contribution in [0.1, 0.15) is 0 Å². The average Bonchev–Trinajstić information content (AvgIpc) is 3.46. The van der Waals surface area contributed by atoms with Gasteiger partial charge in [-0.25, -0.2) is 0 Å². The largest absolute Gasteiger partial charge is 0.356 e. The maximum atomic E-state index is 4.01. The quantitative estimate of drug-likeness (QED) is 0.208. The molecular weight excluding hydrogens is 557 g/mol. The van der Waals surface area contributed by atoms with Crippen LogP contribution in [0.4, 0.5) is 28.4 Å². The molecule has 0 saturated carbocycles. The minimum atomic E-state index is 0.0985. The van der Waals surface area contributed by atoms with Gasteiger partial charge in [-0.2, -0.15) is 0 Å². The van der Waals surface area contributed by atoms with E-state index in [2.05, 4.69) is 179 Å². The molecule has 2 aliphatic rings. The molecular formula is C42H28BN3. The molecule has 1 N–H and O–H groups in total. The van der Waals surface area contributed by atoms with Gasteiger partial charge in [-0.3, -0.25) is 0 Å². The molecule has 3 nitrogen and oxygen atoms in total. The number of benzene rings is 7. The van der Waals surface area contributed by atoms with Gasteiger partial charge in [0.15, 0.2) is 0 Å². The molecule has 0 aliphatic carbocycles. The van der Waals surface area contributed by atoms with Gasteiger partial charge in [0, 0.05) is 50.3 Å². The van der Waals surface area contributed by atoms with Crippen LogP contribution < -0.4 is 26.6 Å². The summed E-state index contributed by atoms with van der Waals surface area (Å²) in [5.41, 5.74) is 15.9. The topological polar surface area (TPSA) is 20.2 Å². The molecule has 214 valence electrons. The van der Waals surface area contributed by atoms with E-state index in [0.717, 1.165) is 22.7 Å². The van der Waals surface area contributed by atoms with Crippen LogP contribution in [0, 0.1) is 0 Å². The molecule has 2 aliphatic heterocycles. The van der Waals surface area contributed by atoms with Crippen molar-refractivity contribution in [3.05, 3.63) is 164 Å². The first-order chi connectivity index (χ1) is 22.8. The van der Waals surface area contributed by atoms with E-state index in [-0.39, 0.29) is 6.71 Å². The van der Waals surface area contributed by atoms with Gasteiger partial charge in [0.1, 0.15) is 0 Å². The molecule has 3 heterocycles. The van der Waals surface area contributed by atoms with E-state index in [1.54, 1.807) is 0 Å². The number of rotatable bonds is 4. The molecule has 8 aromatic rings. The van der Waals surface area contributed by atoms with E-state index in [1.807, 2.05) is 0 Å². The minimum Gasteiger partial charge on any atom is -0.356 e. The third-order valence-corrected chi connectivity index (χ3v) is 9.75. The van der Waals surface area contributed by atoms with Gasteiger partial charge < -0.3 is 14.8 Å². The molecule has 0 unspecified atom stereocenters. The summed E-state index contributed by atoms with van der Waals surface area (Å²) in [6.07, 6.45) is 0. The van der Waals surface area contributed by atoms with Crippen molar-refractivity contribution in [3.8, 4) is 16.8 Å². The maximum Gasteiger partial charge on any atom is 0.252 e. The molecule has 0 spiro atoms. The summed E-state index contributed by atoms with van der Waals surface area (Å²) < 4.78 is 2.51. The van der Waals surface area contributed by atoms with Crippen LogP contribution in [0.2, 0.25) is 0 Å². The highest BCUT2D eigenvalue weighted by molar-refractivity contribution is 7.00. The number of hydrogen-bond donors (Lipinski definition) is 1. The van der Waals surface area contributed by atoms with E-state index in [4.69, 9.17) is 0 Å². The van der Waals surface area contributed by atoms with Gasteiger partial charge in [-0.15, -0.1) is 0 Å². The summed E-state index contributed by atoms with van der Waals surface area (Å²) in [5.74, 6) is 0. The Morgan fingerprint density at radius 3 is 1.91 bits per heavy atom. The fourth-order valence-corrected chi connectivity index (χ4v) is 7.90. The van der Waals surface area contributed by atoms with Crippen molar-refractivity contribution in [2.45, 2.75) is 0 Å². The number of anilines is 5. The second-order valence-corrected chi connectivity index (χ2v) is 12.2. The lowest BCUT2D eigenvalue weighted by Gasteiger charge is -2.37. The first-order valence-electron chi connectivity index (χ1n) is 15.9. The molecule has 4 heteroatoms. The summed E-state index contributed by atoms with van der Waals surface area (Å²) in [6.45, 7) is 0.0985. The second-order valence-electron chi connectivity index (χ2n) is 12.2. The van der Waals surface area contributed by atoms with Crippen molar-refractivity contribution < 1.29 is 0 Å². The molecule has 0 bridgehead atoms. The zero-order chi connectivity index (χ0) is 30.2. The predicted molar refractivity (Wildman–Crippen MR) is 195 cm³/mol. The monoisotopic (exact) mass is 585 g/mol. The van der Waals surface area contributed by atoms with Gasteiger partial charge >= 0.3 is 0 Å². The molecule has 0 saturated heterocycles. The smallest absolute Gasteiger partial charge is 0.252 e. The summed E-state index contributed by atoms with van der Waals surface area (Å²) in [6, 6.07) is 59.4. The molecule has 0 radical (unpaired) electrons. The molecule has 1 aromatic heterocycles. The lowest BCUT2D eigenvalue weighted by atomic mass is 9.34. The molecule has 0 fully saturated rings. The first-order valence-corrected chi connectivity index (χ1v) is 15.9. The predicted octanol–water partition coefficient (Wildman–Crippen LogP) is 8.81. The summed E-state index contributed by atoms with van der Waals surface area (Å²) in [5, 5.41) is 6.59. The highest BCUT2D eigenvalue weighted by atomic mass is 15.1. The fraction of sp³-hybridized carbons (Fsp3) is 0. The number of fused-ring (bicyclic) bond motifs is 7. The second kappa shape index (κ2) is 9.75. The van der Waals surface area contributed by atoms with Gasteiger partial charge in [-0.1, -0.05) is 121 Å². The third kappa shape index (κ3) is 3.55. The van der Waals surface area contributed by atoms with Gasteiger partial charge in [0.25, 0.3) is 6.71 Å². The highest BCUT2D eigenvalue weighted by Gasteiger charge is 2.40. The van der Waals surface area contributed by atoms with Crippen LogP contribution in [0.3, 0.4) is 0 Å².